The summed E-state index contributed by atoms with van der Waals surface area (Å²) < 4.78 is 26.5. The van der Waals surface area contributed by atoms with E-state index in [0.717, 1.165) is 23.3 Å². The molecule has 3 rings (SSSR count). The Labute approximate surface area is 186 Å². The molecule has 0 aliphatic rings. The molecule has 0 radical (unpaired) electrons. The topological polar surface area (TPSA) is 70.6 Å². The molecule has 0 bridgehead atoms. The van der Waals surface area contributed by atoms with Crippen molar-refractivity contribution in [2.45, 2.75) is 18.7 Å². The molecule has 6 nitrogen and oxygen atoms in total. The summed E-state index contributed by atoms with van der Waals surface area (Å²) in [6, 6.07) is 13.5. The van der Waals surface area contributed by atoms with Gasteiger partial charge in [-0.1, -0.05) is 48.9 Å². The number of aromatic nitrogens is 1. The Bertz CT molecular complexity index is 1080. The van der Waals surface area contributed by atoms with E-state index in [9.17, 15) is 13.2 Å². The van der Waals surface area contributed by atoms with Gasteiger partial charge in [-0.15, -0.1) is 0 Å². The molecular formula is C21H24ClN3O3S2. The lowest BCUT2D eigenvalue weighted by atomic mass is 10.3. The van der Waals surface area contributed by atoms with Crippen molar-refractivity contribution in [1.82, 2.24) is 9.88 Å². The maximum absolute atomic E-state index is 13.1. The van der Waals surface area contributed by atoms with Crippen molar-refractivity contribution in [3.8, 4) is 0 Å². The highest BCUT2D eigenvalue weighted by atomic mass is 35.5. The number of halogens is 1. The third-order valence-electron chi connectivity index (χ3n) is 4.84. The Morgan fingerprint density at radius 2 is 1.70 bits per heavy atom. The summed E-state index contributed by atoms with van der Waals surface area (Å²) in [5.74, 6) is -1.11. The first-order chi connectivity index (χ1) is 14.3. The first-order valence-corrected chi connectivity index (χ1v) is 12.6. The number of anilines is 1. The Morgan fingerprint density at radius 1 is 1.03 bits per heavy atom. The first kappa shape index (κ1) is 22.7. The summed E-state index contributed by atoms with van der Waals surface area (Å²) in [6.45, 7) is 6.81. The summed E-state index contributed by atoms with van der Waals surface area (Å²) in [6.07, 6.45) is 0. The van der Waals surface area contributed by atoms with Crippen LogP contribution in [0.5, 0.6) is 0 Å². The van der Waals surface area contributed by atoms with E-state index in [0.29, 0.717) is 23.2 Å². The van der Waals surface area contributed by atoms with Gasteiger partial charge >= 0.3 is 0 Å². The van der Waals surface area contributed by atoms with Crippen molar-refractivity contribution in [3.05, 3.63) is 53.6 Å². The fourth-order valence-electron chi connectivity index (χ4n) is 3.05. The van der Waals surface area contributed by atoms with E-state index >= 15 is 0 Å². The predicted octanol–water partition coefficient (Wildman–Crippen LogP) is 4.10. The minimum absolute atomic E-state index is 0.0771. The lowest BCUT2D eigenvalue weighted by Crippen LogP contribution is -2.41. The molecule has 3 aromatic rings. The fourth-order valence-corrected chi connectivity index (χ4v) is 5.38. The van der Waals surface area contributed by atoms with Crippen molar-refractivity contribution in [2.24, 2.45) is 0 Å². The molecule has 1 heterocycles. The van der Waals surface area contributed by atoms with Crippen LogP contribution in [-0.4, -0.2) is 56.1 Å². The monoisotopic (exact) mass is 465 g/mol. The number of thiazole rings is 1. The second kappa shape index (κ2) is 9.87. The van der Waals surface area contributed by atoms with Crippen molar-refractivity contribution in [3.63, 3.8) is 0 Å². The van der Waals surface area contributed by atoms with Gasteiger partial charge in [0.25, 0.3) is 0 Å². The third-order valence-corrected chi connectivity index (χ3v) is 7.76. The lowest BCUT2D eigenvalue weighted by Gasteiger charge is -2.24. The van der Waals surface area contributed by atoms with Crippen molar-refractivity contribution in [2.75, 3.05) is 36.8 Å². The van der Waals surface area contributed by atoms with Gasteiger partial charge < -0.3 is 4.90 Å². The molecule has 0 unspecified atom stereocenters. The zero-order valence-corrected chi connectivity index (χ0v) is 19.3. The highest BCUT2D eigenvalue weighted by molar-refractivity contribution is 7.92. The lowest BCUT2D eigenvalue weighted by molar-refractivity contribution is -0.116. The number of carbonyl (C=O) groups excluding carboxylic acids is 1. The van der Waals surface area contributed by atoms with E-state index in [2.05, 4.69) is 23.7 Å². The Balaban J connectivity index is 1.88. The molecule has 0 saturated carbocycles. The second-order valence-electron chi connectivity index (χ2n) is 6.75. The second-order valence-corrected chi connectivity index (χ2v) is 10.2. The van der Waals surface area contributed by atoms with Gasteiger partial charge in [0.15, 0.2) is 15.0 Å². The van der Waals surface area contributed by atoms with Gasteiger partial charge in [-0.05, 0) is 49.5 Å². The molecule has 9 heteroatoms. The van der Waals surface area contributed by atoms with Crippen LogP contribution in [0.1, 0.15) is 13.8 Å². The third kappa shape index (κ3) is 5.37. The number of carbonyl (C=O) groups is 1. The number of para-hydroxylation sites is 1. The molecule has 1 aromatic heterocycles. The maximum Gasteiger partial charge on any atom is 0.244 e. The van der Waals surface area contributed by atoms with E-state index in [-0.39, 0.29) is 4.90 Å². The zero-order chi connectivity index (χ0) is 21.7. The van der Waals surface area contributed by atoms with Crippen molar-refractivity contribution in [1.29, 1.82) is 0 Å². The molecule has 0 aliphatic carbocycles. The molecule has 0 atom stereocenters. The van der Waals surface area contributed by atoms with Gasteiger partial charge in [0.1, 0.15) is 5.75 Å². The van der Waals surface area contributed by atoms with Crippen LogP contribution < -0.4 is 4.90 Å². The van der Waals surface area contributed by atoms with Gasteiger partial charge in [0, 0.05) is 18.1 Å². The number of amides is 1. The number of hydrogen-bond acceptors (Lipinski definition) is 6. The van der Waals surface area contributed by atoms with Crippen LogP contribution in [0.2, 0.25) is 5.02 Å². The smallest absolute Gasteiger partial charge is 0.244 e. The van der Waals surface area contributed by atoms with Crippen LogP contribution in [0.3, 0.4) is 0 Å². The minimum Gasteiger partial charge on any atom is -0.302 e. The van der Waals surface area contributed by atoms with E-state index in [1.165, 1.54) is 40.5 Å². The normalized spacial score (nSPS) is 11.9. The first-order valence-electron chi connectivity index (χ1n) is 9.70. The van der Waals surface area contributed by atoms with E-state index in [1.807, 2.05) is 24.3 Å². The average molecular weight is 466 g/mol. The maximum atomic E-state index is 13.1. The standard InChI is InChI=1S/C21H24ClN3O3S2/c1-3-24(4-2)13-14-25(21-23-18-7-5-6-8-19(18)29-21)20(26)15-30(27,28)17-11-9-16(22)10-12-17/h5-12H,3-4,13-15H2,1-2H3. The molecule has 160 valence electrons. The Morgan fingerprint density at radius 3 is 2.33 bits per heavy atom. The number of fused-ring (bicyclic) bond motifs is 1. The Kier molecular flexibility index (Phi) is 7.46. The average Bonchev–Trinajstić information content (AvgIpc) is 3.15. The zero-order valence-electron chi connectivity index (χ0n) is 16.9. The number of likely N-dealkylation sites (N-methyl/N-ethyl adjacent to an activating group) is 1. The van der Waals surface area contributed by atoms with Crippen LogP contribution in [-0.2, 0) is 14.6 Å². The molecule has 0 N–H and O–H groups in total. The molecular weight excluding hydrogens is 442 g/mol. The summed E-state index contributed by atoms with van der Waals surface area (Å²) >= 11 is 7.24. The number of rotatable bonds is 9. The number of hydrogen-bond donors (Lipinski definition) is 0. The van der Waals surface area contributed by atoms with Crippen molar-refractivity contribution < 1.29 is 13.2 Å². The van der Waals surface area contributed by atoms with E-state index in [1.54, 1.807) is 0 Å². The van der Waals surface area contributed by atoms with Gasteiger partial charge in [-0.3, -0.25) is 9.69 Å². The molecule has 30 heavy (non-hydrogen) atoms. The van der Waals surface area contributed by atoms with Crippen LogP contribution in [0, 0.1) is 0 Å². The summed E-state index contributed by atoms with van der Waals surface area (Å²) in [5, 5.41) is 0.954. The van der Waals surface area contributed by atoms with Crippen LogP contribution in [0.15, 0.2) is 53.4 Å². The highest BCUT2D eigenvalue weighted by Gasteiger charge is 2.26. The molecule has 0 aliphatic heterocycles. The Hall–Kier alpha value is -2.00. The molecule has 0 saturated heterocycles. The number of sulfone groups is 1. The highest BCUT2D eigenvalue weighted by Crippen LogP contribution is 2.29. The predicted molar refractivity (Wildman–Crippen MR) is 123 cm³/mol. The van der Waals surface area contributed by atoms with Crippen molar-refractivity contribution >= 4 is 54.0 Å². The van der Waals surface area contributed by atoms with Gasteiger partial charge in [-0.2, -0.15) is 0 Å². The van der Waals surface area contributed by atoms with Gasteiger partial charge in [0.05, 0.1) is 15.1 Å². The molecule has 0 fully saturated rings. The van der Waals surface area contributed by atoms with Crippen LogP contribution >= 0.6 is 22.9 Å². The molecule has 0 spiro atoms. The molecule has 2 aromatic carbocycles. The fraction of sp³-hybridized carbons (Fsp3) is 0.333. The molecule has 1 amide bonds. The van der Waals surface area contributed by atoms with E-state index < -0.39 is 21.5 Å². The number of benzene rings is 2. The van der Waals surface area contributed by atoms with Crippen LogP contribution in [0.4, 0.5) is 5.13 Å². The summed E-state index contributed by atoms with van der Waals surface area (Å²) in [7, 11) is -3.80. The van der Waals surface area contributed by atoms with Gasteiger partial charge in [-0.25, -0.2) is 13.4 Å². The summed E-state index contributed by atoms with van der Waals surface area (Å²) in [5.41, 5.74) is 0.790. The summed E-state index contributed by atoms with van der Waals surface area (Å²) in [4.78, 5) is 21.5. The minimum atomic E-state index is -3.80. The van der Waals surface area contributed by atoms with E-state index in [4.69, 9.17) is 11.6 Å². The van der Waals surface area contributed by atoms with Gasteiger partial charge in [0.2, 0.25) is 5.91 Å². The quantitative estimate of drug-likeness (QED) is 0.475. The SMILES string of the molecule is CCN(CC)CCN(C(=O)CS(=O)(=O)c1ccc(Cl)cc1)c1nc2ccccc2s1. The largest absolute Gasteiger partial charge is 0.302 e. The van der Waals surface area contributed by atoms with Crippen LogP contribution in [0.25, 0.3) is 10.2 Å². The number of nitrogens with zero attached hydrogens (tertiary/aromatic N) is 3.